The van der Waals surface area contributed by atoms with Crippen molar-refractivity contribution in [1.29, 1.82) is 0 Å². The fourth-order valence-electron chi connectivity index (χ4n) is 1.39. The van der Waals surface area contributed by atoms with E-state index in [0.29, 0.717) is 11.3 Å². The third-order valence-electron chi connectivity index (χ3n) is 2.14. The van der Waals surface area contributed by atoms with Crippen LogP contribution in [0.25, 0.3) is 10.9 Å². The van der Waals surface area contributed by atoms with Gasteiger partial charge in [-0.3, -0.25) is 19.1 Å². The molecule has 1 amide bonds. The summed E-state index contributed by atoms with van der Waals surface area (Å²) < 4.78 is 2.40. The fraction of sp³-hybridized carbons (Fsp3) is 0.100. The molecule has 76 valence electrons. The molecule has 0 unspecified atom stereocenters. The summed E-state index contributed by atoms with van der Waals surface area (Å²) in [6.45, 7) is 1.80. The Labute approximate surface area is 95.1 Å². The molecule has 0 atom stereocenters. The molecule has 1 N–H and O–H groups in total. The number of fused-ring (bicyclic) bond motifs is 1. The smallest absolute Gasteiger partial charge is 0.262 e. The van der Waals surface area contributed by atoms with E-state index < -0.39 is 0 Å². The summed E-state index contributed by atoms with van der Waals surface area (Å²) in [7, 11) is 0. The second-order valence-electron chi connectivity index (χ2n) is 3.11. The van der Waals surface area contributed by atoms with Gasteiger partial charge in [0.15, 0.2) is 0 Å². The monoisotopic (exact) mass is 265 g/mol. The lowest BCUT2D eigenvalue weighted by atomic mass is 10.1. The molecule has 0 aliphatic heterocycles. The van der Waals surface area contributed by atoms with Crippen LogP contribution in [-0.2, 0) is 0 Å². The largest absolute Gasteiger partial charge is 0.288 e. The summed E-state index contributed by atoms with van der Waals surface area (Å²) in [5, 5.41) is 0.904. The summed E-state index contributed by atoms with van der Waals surface area (Å²) in [6, 6.07) is 3.63. The Morgan fingerprint density at radius 1 is 1.53 bits per heavy atom. The van der Waals surface area contributed by atoms with Crippen molar-refractivity contribution < 1.29 is 4.79 Å². The fourth-order valence-corrected chi connectivity index (χ4v) is 1.61. The van der Waals surface area contributed by atoms with Crippen LogP contribution in [0.15, 0.2) is 24.5 Å². The minimum absolute atomic E-state index is 0.196. The summed E-state index contributed by atoms with van der Waals surface area (Å²) in [5.41, 5.74) is 2.04. The summed E-state index contributed by atoms with van der Waals surface area (Å²) in [4.78, 5) is 19.7. The lowest BCUT2D eigenvalue weighted by Crippen LogP contribution is -2.14. The highest BCUT2D eigenvalue weighted by Gasteiger charge is 2.09. The van der Waals surface area contributed by atoms with E-state index in [-0.39, 0.29) is 5.91 Å². The average molecular weight is 266 g/mol. The highest BCUT2D eigenvalue weighted by molar-refractivity contribution is 9.08. The first-order chi connectivity index (χ1) is 7.22. The summed E-state index contributed by atoms with van der Waals surface area (Å²) >= 11 is 2.91. The van der Waals surface area contributed by atoms with Gasteiger partial charge in [-0.2, -0.15) is 0 Å². The molecule has 15 heavy (non-hydrogen) atoms. The van der Waals surface area contributed by atoms with Gasteiger partial charge < -0.3 is 0 Å². The Kier molecular flexibility index (Phi) is 2.64. The molecule has 2 aromatic heterocycles. The Hall–Kier alpha value is -1.49. The van der Waals surface area contributed by atoms with Crippen LogP contribution < -0.4 is 4.34 Å². The number of hydrogen-bond donors (Lipinski definition) is 1. The highest BCUT2D eigenvalue weighted by Crippen LogP contribution is 2.15. The first kappa shape index (κ1) is 10.0. The SMILES string of the molecule is Cc1nc2cnccc2cc1C(=O)NBr. The van der Waals surface area contributed by atoms with Crippen molar-refractivity contribution in [2.45, 2.75) is 6.92 Å². The Balaban J connectivity index is 2.67. The van der Waals surface area contributed by atoms with Gasteiger partial charge in [0.1, 0.15) is 0 Å². The number of carbonyl (C=O) groups excluding carboxylic acids is 1. The number of hydrogen-bond acceptors (Lipinski definition) is 3. The van der Waals surface area contributed by atoms with Crippen LogP contribution in [-0.4, -0.2) is 15.9 Å². The Morgan fingerprint density at radius 3 is 3.07 bits per heavy atom. The predicted octanol–water partition coefficient (Wildman–Crippen LogP) is 1.98. The van der Waals surface area contributed by atoms with Gasteiger partial charge in [-0.25, -0.2) is 0 Å². The van der Waals surface area contributed by atoms with Gasteiger partial charge in [0.05, 0.1) is 23.0 Å². The van der Waals surface area contributed by atoms with Gasteiger partial charge in [-0.05, 0) is 19.1 Å². The molecule has 0 fully saturated rings. The van der Waals surface area contributed by atoms with Crippen LogP contribution in [0.2, 0.25) is 0 Å². The molecular weight excluding hydrogens is 258 g/mol. The van der Waals surface area contributed by atoms with Crippen molar-refractivity contribution in [3.63, 3.8) is 0 Å². The molecule has 4 nitrogen and oxygen atoms in total. The van der Waals surface area contributed by atoms with E-state index in [0.717, 1.165) is 10.9 Å². The lowest BCUT2D eigenvalue weighted by molar-refractivity contribution is 0.0986. The van der Waals surface area contributed by atoms with E-state index >= 15 is 0 Å². The van der Waals surface area contributed by atoms with Crippen LogP contribution in [0, 0.1) is 6.92 Å². The molecule has 5 heteroatoms. The lowest BCUT2D eigenvalue weighted by Gasteiger charge is -2.04. The molecule has 0 aliphatic rings. The van der Waals surface area contributed by atoms with E-state index in [4.69, 9.17) is 0 Å². The molecule has 0 spiro atoms. The second-order valence-corrected chi connectivity index (χ2v) is 3.51. The van der Waals surface area contributed by atoms with E-state index in [1.165, 1.54) is 0 Å². The van der Waals surface area contributed by atoms with Crippen molar-refractivity contribution in [3.05, 3.63) is 35.8 Å². The molecule has 2 rings (SSSR count). The number of carbonyl (C=O) groups is 1. The van der Waals surface area contributed by atoms with Crippen LogP contribution in [0.5, 0.6) is 0 Å². The van der Waals surface area contributed by atoms with Gasteiger partial charge in [-0.1, -0.05) is 0 Å². The van der Waals surface area contributed by atoms with E-state index in [1.807, 2.05) is 6.07 Å². The van der Waals surface area contributed by atoms with Crippen molar-refractivity contribution >= 4 is 33.0 Å². The molecule has 0 bridgehead atoms. The topological polar surface area (TPSA) is 54.9 Å². The Bertz CT molecular complexity index is 527. The number of rotatable bonds is 1. The molecule has 0 aromatic carbocycles. The molecule has 0 saturated carbocycles. The minimum atomic E-state index is -0.196. The zero-order valence-electron chi connectivity index (χ0n) is 7.99. The zero-order chi connectivity index (χ0) is 10.8. The maximum absolute atomic E-state index is 11.5. The van der Waals surface area contributed by atoms with Gasteiger partial charge >= 0.3 is 0 Å². The maximum Gasteiger partial charge on any atom is 0.262 e. The average Bonchev–Trinajstić information content (AvgIpc) is 2.27. The second kappa shape index (κ2) is 3.94. The number of aryl methyl sites for hydroxylation is 1. The van der Waals surface area contributed by atoms with Gasteiger partial charge in [0, 0.05) is 27.7 Å². The number of nitrogens with zero attached hydrogens (tertiary/aromatic N) is 2. The number of amides is 1. The number of aromatic nitrogens is 2. The zero-order valence-corrected chi connectivity index (χ0v) is 9.58. The van der Waals surface area contributed by atoms with Crippen molar-refractivity contribution in [2.24, 2.45) is 0 Å². The quantitative estimate of drug-likeness (QED) is 0.803. The molecule has 0 saturated heterocycles. The van der Waals surface area contributed by atoms with E-state index in [2.05, 4.69) is 30.5 Å². The summed E-state index contributed by atoms with van der Waals surface area (Å²) in [5.74, 6) is -0.196. The molecule has 0 aliphatic carbocycles. The van der Waals surface area contributed by atoms with Gasteiger partial charge in [-0.15, -0.1) is 0 Å². The summed E-state index contributed by atoms with van der Waals surface area (Å²) in [6.07, 6.45) is 3.35. The van der Waals surface area contributed by atoms with Crippen molar-refractivity contribution in [1.82, 2.24) is 14.3 Å². The van der Waals surface area contributed by atoms with E-state index in [9.17, 15) is 4.79 Å². The minimum Gasteiger partial charge on any atom is -0.288 e. The molecule has 2 aromatic rings. The van der Waals surface area contributed by atoms with Crippen molar-refractivity contribution in [3.8, 4) is 0 Å². The number of nitrogens with one attached hydrogen (secondary N) is 1. The Morgan fingerprint density at radius 2 is 2.33 bits per heavy atom. The molecule has 2 heterocycles. The number of halogens is 1. The van der Waals surface area contributed by atoms with E-state index in [1.54, 1.807) is 25.4 Å². The first-order valence-corrected chi connectivity index (χ1v) is 5.14. The highest BCUT2D eigenvalue weighted by atomic mass is 79.9. The van der Waals surface area contributed by atoms with Gasteiger partial charge in [0.25, 0.3) is 5.91 Å². The third-order valence-corrected chi connectivity index (χ3v) is 2.50. The van der Waals surface area contributed by atoms with Crippen LogP contribution in [0.1, 0.15) is 16.1 Å². The third kappa shape index (κ3) is 1.83. The predicted molar refractivity (Wildman–Crippen MR) is 60.7 cm³/mol. The number of pyridine rings is 2. The van der Waals surface area contributed by atoms with Crippen LogP contribution in [0.4, 0.5) is 0 Å². The maximum atomic E-state index is 11.5. The first-order valence-electron chi connectivity index (χ1n) is 4.34. The standard InChI is InChI=1S/C10H8BrN3O/c1-6-8(10(15)14-11)4-7-2-3-12-5-9(7)13-6/h2-5H,1H3,(H,14,15). The molecule has 0 radical (unpaired) electrons. The van der Waals surface area contributed by atoms with Crippen LogP contribution >= 0.6 is 16.1 Å². The van der Waals surface area contributed by atoms with Crippen LogP contribution in [0.3, 0.4) is 0 Å². The van der Waals surface area contributed by atoms with Gasteiger partial charge in [0.2, 0.25) is 0 Å². The normalized spacial score (nSPS) is 10.3. The molecular formula is C10H8BrN3O. The van der Waals surface area contributed by atoms with Crippen molar-refractivity contribution in [2.75, 3.05) is 0 Å².